The number of carbonyl (C=O) groups excluding carboxylic acids is 2. The number of benzene rings is 2. The van der Waals surface area contributed by atoms with Gasteiger partial charge in [0.1, 0.15) is 0 Å². The lowest BCUT2D eigenvalue weighted by Gasteiger charge is -2.28. The maximum Gasteiger partial charge on any atom is 0.258 e. The van der Waals surface area contributed by atoms with Gasteiger partial charge >= 0.3 is 0 Å². The molecule has 0 atom stereocenters. The smallest absolute Gasteiger partial charge is 0.258 e. The highest BCUT2D eigenvalue weighted by Gasteiger charge is 2.27. The summed E-state index contributed by atoms with van der Waals surface area (Å²) in [5, 5.41) is 7.18. The molecule has 5 nitrogen and oxygen atoms in total. The first-order valence-electron chi connectivity index (χ1n) is 10.9. The first-order valence-corrected chi connectivity index (χ1v) is 12.6. The molecule has 0 bridgehead atoms. The van der Waals surface area contributed by atoms with Crippen molar-refractivity contribution < 1.29 is 9.59 Å². The molecule has 166 valence electrons. The highest BCUT2D eigenvalue weighted by molar-refractivity contribution is 7.16. The molecule has 2 aromatic heterocycles. The van der Waals surface area contributed by atoms with E-state index in [4.69, 9.17) is 0 Å². The van der Waals surface area contributed by atoms with Crippen LogP contribution in [0.5, 0.6) is 0 Å². The van der Waals surface area contributed by atoms with Crippen LogP contribution in [0.25, 0.3) is 0 Å². The van der Waals surface area contributed by atoms with E-state index in [-0.39, 0.29) is 17.7 Å². The van der Waals surface area contributed by atoms with Crippen molar-refractivity contribution in [3.05, 3.63) is 105 Å². The number of anilines is 1. The minimum atomic E-state index is -0.149. The number of rotatable bonds is 6. The molecule has 1 N–H and O–H groups in total. The molecule has 7 heteroatoms. The summed E-state index contributed by atoms with van der Waals surface area (Å²) in [6.07, 6.45) is 1.12. The Morgan fingerprint density at radius 3 is 2.33 bits per heavy atom. The zero-order valence-electron chi connectivity index (χ0n) is 17.9. The van der Waals surface area contributed by atoms with Gasteiger partial charge in [-0.3, -0.25) is 14.9 Å². The second-order valence-electron chi connectivity index (χ2n) is 8.00. The van der Waals surface area contributed by atoms with Crippen molar-refractivity contribution in [1.29, 1.82) is 0 Å². The Labute approximate surface area is 200 Å². The van der Waals surface area contributed by atoms with E-state index >= 15 is 0 Å². The number of nitrogens with one attached hydrogen (secondary N) is 1. The third kappa shape index (κ3) is 4.89. The topological polar surface area (TPSA) is 62.3 Å². The molecule has 0 fully saturated rings. The van der Waals surface area contributed by atoms with Gasteiger partial charge in [-0.1, -0.05) is 72.0 Å². The van der Waals surface area contributed by atoms with Crippen LogP contribution in [0.15, 0.2) is 77.5 Å². The van der Waals surface area contributed by atoms with Crippen molar-refractivity contribution in [2.75, 3.05) is 11.9 Å². The van der Waals surface area contributed by atoms with Gasteiger partial charge in [-0.2, -0.15) is 11.3 Å². The summed E-state index contributed by atoms with van der Waals surface area (Å²) in [4.78, 5) is 33.3. The molecule has 0 saturated heterocycles. The van der Waals surface area contributed by atoms with Crippen molar-refractivity contribution in [1.82, 2.24) is 9.88 Å². The maximum absolute atomic E-state index is 13.3. The fourth-order valence-electron chi connectivity index (χ4n) is 4.13. The van der Waals surface area contributed by atoms with Crippen molar-refractivity contribution in [3.63, 3.8) is 0 Å². The number of carbonyl (C=O) groups is 2. The minimum Gasteiger partial charge on any atom is -0.337 e. The number of thiazole rings is 1. The van der Waals surface area contributed by atoms with Crippen LogP contribution in [0.1, 0.15) is 44.4 Å². The van der Waals surface area contributed by atoms with Crippen LogP contribution in [0, 0.1) is 0 Å². The first-order chi connectivity index (χ1) is 16.2. The molecule has 0 unspecified atom stereocenters. The van der Waals surface area contributed by atoms with Gasteiger partial charge in [0.15, 0.2) is 5.13 Å². The second-order valence-corrected chi connectivity index (χ2v) is 9.86. The number of nitrogens with zero attached hydrogens (tertiary/aromatic N) is 2. The van der Waals surface area contributed by atoms with E-state index in [1.165, 1.54) is 22.7 Å². The SMILES string of the molecule is O=C(Nc1nc2c(s1)CN(C(=O)CC(c1ccccc1)c1ccccc1)CC2)c1ccsc1. The number of fused-ring (bicyclic) bond motifs is 1. The van der Waals surface area contributed by atoms with Crippen LogP contribution in [-0.2, 0) is 17.8 Å². The largest absolute Gasteiger partial charge is 0.337 e. The van der Waals surface area contributed by atoms with E-state index in [1.54, 1.807) is 6.07 Å². The van der Waals surface area contributed by atoms with E-state index < -0.39 is 0 Å². The van der Waals surface area contributed by atoms with E-state index in [2.05, 4.69) is 34.6 Å². The first kappa shape index (κ1) is 21.6. The molecule has 4 aromatic rings. The Morgan fingerprint density at radius 2 is 1.70 bits per heavy atom. The Morgan fingerprint density at radius 1 is 1.00 bits per heavy atom. The normalized spacial score (nSPS) is 13.1. The quantitative estimate of drug-likeness (QED) is 0.399. The standard InChI is InChI=1S/C26H23N3O2S2/c30-24(15-21(18-7-3-1-4-8-18)19-9-5-2-6-10-19)29-13-11-22-23(16-29)33-26(27-22)28-25(31)20-12-14-32-17-20/h1-10,12,14,17,21H,11,13,15-16H2,(H,27,28,31). The maximum atomic E-state index is 13.3. The lowest BCUT2D eigenvalue weighted by molar-refractivity contribution is -0.132. The number of hydrogen-bond donors (Lipinski definition) is 1. The Balaban J connectivity index is 1.29. The van der Waals surface area contributed by atoms with Crippen LogP contribution in [0.4, 0.5) is 5.13 Å². The van der Waals surface area contributed by atoms with Gasteiger partial charge in [-0.25, -0.2) is 4.98 Å². The molecule has 0 aliphatic carbocycles. The average molecular weight is 474 g/mol. The number of thiophene rings is 1. The van der Waals surface area contributed by atoms with Gasteiger partial charge in [0, 0.05) is 35.6 Å². The van der Waals surface area contributed by atoms with Crippen LogP contribution in [0.3, 0.4) is 0 Å². The van der Waals surface area contributed by atoms with E-state index in [1.807, 2.05) is 52.1 Å². The highest BCUT2D eigenvalue weighted by Crippen LogP contribution is 2.32. The summed E-state index contributed by atoms with van der Waals surface area (Å²) >= 11 is 2.95. The van der Waals surface area contributed by atoms with Crippen molar-refractivity contribution in [2.24, 2.45) is 0 Å². The van der Waals surface area contributed by atoms with Gasteiger partial charge in [-0.15, -0.1) is 0 Å². The van der Waals surface area contributed by atoms with Crippen LogP contribution < -0.4 is 5.32 Å². The summed E-state index contributed by atoms with van der Waals surface area (Å²) in [6, 6.07) is 22.2. The highest BCUT2D eigenvalue weighted by atomic mass is 32.1. The van der Waals surface area contributed by atoms with Gasteiger partial charge < -0.3 is 4.90 Å². The molecule has 0 saturated carbocycles. The van der Waals surface area contributed by atoms with E-state index in [0.717, 1.165) is 21.7 Å². The van der Waals surface area contributed by atoms with Crippen LogP contribution >= 0.6 is 22.7 Å². The van der Waals surface area contributed by atoms with Crippen molar-refractivity contribution >= 4 is 39.6 Å². The molecule has 2 amide bonds. The van der Waals surface area contributed by atoms with Gasteiger partial charge in [0.2, 0.25) is 5.91 Å². The number of hydrogen-bond acceptors (Lipinski definition) is 5. The molecular formula is C26H23N3O2S2. The van der Waals surface area contributed by atoms with Crippen molar-refractivity contribution in [3.8, 4) is 0 Å². The molecule has 2 aromatic carbocycles. The average Bonchev–Trinajstić information content (AvgIpc) is 3.53. The molecule has 5 rings (SSSR count). The summed E-state index contributed by atoms with van der Waals surface area (Å²) in [6.45, 7) is 1.18. The van der Waals surface area contributed by atoms with E-state index in [0.29, 0.717) is 36.6 Å². The van der Waals surface area contributed by atoms with Gasteiger partial charge in [0.05, 0.1) is 17.8 Å². The number of aromatic nitrogens is 1. The fourth-order valence-corrected chi connectivity index (χ4v) is 5.78. The lowest BCUT2D eigenvalue weighted by atomic mass is 9.88. The molecule has 3 heterocycles. The molecule has 1 aliphatic rings. The monoisotopic (exact) mass is 473 g/mol. The Kier molecular flexibility index (Phi) is 6.32. The zero-order valence-corrected chi connectivity index (χ0v) is 19.6. The Hall–Kier alpha value is -3.29. The predicted molar refractivity (Wildman–Crippen MR) is 133 cm³/mol. The second kappa shape index (κ2) is 9.68. The molecular weight excluding hydrogens is 450 g/mol. The van der Waals surface area contributed by atoms with Gasteiger partial charge in [-0.05, 0) is 22.6 Å². The van der Waals surface area contributed by atoms with Crippen LogP contribution in [0.2, 0.25) is 0 Å². The summed E-state index contributed by atoms with van der Waals surface area (Å²) in [5.41, 5.74) is 3.90. The molecule has 33 heavy (non-hydrogen) atoms. The third-order valence-corrected chi connectivity index (χ3v) is 7.55. The van der Waals surface area contributed by atoms with Crippen LogP contribution in [-0.4, -0.2) is 28.2 Å². The van der Waals surface area contributed by atoms with E-state index in [9.17, 15) is 9.59 Å². The zero-order chi connectivity index (χ0) is 22.6. The van der Waals surface area contributed by atoms with Crippen molar-refractivity contribution in [2.45, 2.75) is 25.3 Å². The lowest BCUT2D eigenvalue weighted by Crippen LogP contribution is -2.36. The summed E-state index contributed by atoms with van der Waals surface area (Å²) in [5.74, 6) is 0.00248. The van der Waals surface area contributed by atoms with Gasteiger partial charge in [0.25, 0.3) is 5.91 Å². The number of amides is 2. The molecule has 0 spiro atoms. The Bertz CT molecular complexity index is 1200. The summed E-state index contributed by atoms with van der Waals surface area (Å²) in [7, 11) is 0. The summed E-state index contributed by atoms with van der Waals surface area (Å²) < 4.78 is 0. The predicted octanol–water partition coefficient (Wildman–Crippen LogP) is 5.56. The molecule has 1 aliphatic heterocycles. The molecule has 0 radical (unpaired) electrons. The fraction of sp³-hybridized carbons (Fsp3) is 0.192. The minimum absolute atomic E-state index is 0.0169. The third-order valence-electron chi connectivity index (χ3n) is 5.87.